The van der Waals surface area contributed by atoms with Crippen LogP contribution in [-0.4, -0.2) is 41.8 Å². The first-order valence-electron chi connectivity index (χ1n) is 8.94. The van der Waals surface area contributed by atoms with Gasteiger partial charge in [-0.3, -0.25) is 4.90 Å². The summed E-state index contributed by atoms with van der Waals surface area (Å²) in [6.45, 7) is 13.3. The molecule has 3 nitrogen and oxygen atoms in total. The number of nitrogens with zero attached hydrogens (tertiary/aromatic N) is 1. The maximum Gasteiger partial charge on any atom is 0.123 e. The van der Waals surface area contributed by atoms with Crippen molar-refractivity contribution in [1.82, 2.24) is 4.90 Å². The van der Waals surface area contributed by atoms with Crippen LogP contribution >= 0.6 is 0 Å². The molecule has 0 spiro atoms. The molecular formula is C21H31NO2. The number of rotatable bonds is 8. The molecule has 0 aromatic heterocycles. The van der Waals surface area contributed by atoms with E-state index in [4.69, 9.17) is 9.84 Å². The van der Waals surface area contributed by atoms with E-state index in [-0.39, 0.29) is 12.2 Å². The predicted octanol–water partition coefficient (Wildman–Crippen LogP) is 4.06. The van der Waals surface area contributed by atoms with Gasteiger partial charge in [-0.05, 0) is 68.5 Å². The molecule has 3 heteroatoms. The molecule has 0 amide bonds. The van der Waals surface area contributed by atoms with E-state index < -0.39 is 0 Å². The lowest BCUT2D eigenvalue weighted by molar-refractivity contribution is 0.0847. The lowest BCUT2D eigenvalue weighted by Crippen LogP contribution is -2.32. The first-order valence-corrected chi connectivity index (χ1v) is 8.94. The largest absolute Gasteiger partial charge is 0.488 e. The Morgan fingerprint density at radius 1 is 1.38 bits per heavy atom. The maximum absolute atomic E-state index is 9.13. The Kier molecular flexibility index (Phi) is 6.64. The summed E-state index contributed by atoms with van der Waals surface area (Å²) >= 11 is 0. The molecule has 0 saturated heterocycles. The molecule has 1 aliphatic heterocycles. The van der Waals surface area contributed by atoms with Crippen molar-refractivity contribution in [1.29, 1.82) is 0 Å². The van der Waals surface area contributed by atoms with Gasteiger partial charge in [0.1, 0.15) is 11.4 Å². The Morgan fingerprint density at radius 3 is 2.88 bits per heavy atom. The molecule has 0 unspecified atom stereocenters. The highest BCUT2D eigenvalue weighted by molar-refractivity contribution is 5.56. The van der Waals surface area contributed by atoms with Crippen LogP contribution in [0.25, 0.3) is 6.08 Å². The number of ether oxygens (including phenoxy) is 1. The van der Waals surface area contributed by atoms with Crippen molar-refractivity contribution in [3.8, 4) is 5.75 Å². The van der Waals surface area contributed by atoms with Crippen molar-refractivity contribution in [2.24, 2.45) is 0 Å². The van der Waals surface area contributed by atoms with Crippen molar-refractivity contribution in [2.75, 3.05) is 26.2 Å². The Labute approximate surface area is 146 Å². The lowest BCUT2D eigenvalue weighted by atomic mass is 9.93. The van der Waals surface area contributed by atoms with E-state index in [9.17, 15) is 0 Å². The van der Waals surface area contributed by atoms with E-state index >= 15 is 0 Å². The number of hydrogen-bond acceptors (Lipinski definition) is 3. The molecule has 0 aliphatic carbocycles. The smallest absolute Gasteiger partial charge is 0.123 e. The number of hydrogen-bond donors (Lipinski definition) is 1. The number of fused-ring (bicyclic) bond motifs is 1. The van der Waals surface area contributed by atoms with Gasteiger partial charge in [0.25, 0.3) is 0 Å². The first kappa shape index (κ1) is 18.8. The Bertz CT molecular complexity index is 584. The second-order valence-corrected chi connectivity index (χ2v) is 7.22. The summed E-state index contributed by atoms with van der Waals surface area (Å²) < 4.78 is 6.03. The van der Waals surface area contributed by atoms with Gasteiger partial charge in [-0.2, -0.15) is 0 Å². The first-order chi connectivity index (χ1) is 11.4. The Balaban J connectivity index is 1.98. The average molecular weight is 329 g/mol. The third-order valence-electron chi connectivity index (χ3n) is 4.36. The molecule has 1 heterocycles. The summed E-state index contributed by atoms with van der Waals surface area (Å²) in [5, 5.41) is 9.13. The number of aryl methyl sites for hydroxylation is 1. The highest BCUT2D eigenvalue weighted by Gasteiger charge is 2.26. The molecular weight excluding hydrogens is 298 g/mol. The molecule has 132 valence electrons. The summed E-state index contributed by atoms with van der Waals surface area (Å²) in [5.74, 6) is 1.01. The molecule has 2 rings (SSSR count). The van der Waals surface area contributed by atoms with Gasteiger partial charge in [0, 0.05) is 13.1 Å². The van der Waals surface area contributed by atoms with E-state index in [0.717, 1.165) is 43.7 Å². The van der Waals surface area contributed by atoms with Gasteiger partial charge in [0.05, 0.1) is 6.61 Å². The number of benzene rings is 1. The van der Waals surface area contributed by atoms with Crippen LogP contribution in [0, 0.1) is 0 Å². The highest BCUT2D eigenvalue weighted by atomic mass is 16.5. The Morgan fingerprint density at radius 2 is 2.17 bits per heavy atom. The Hall–Kier alpha value is -1.58. The molecule has 0 fully saturated rings. The van der Waals surface area contributed by atoms with E-state index in [1.165, 1.54) is 11.1 Å². The van der Waals surface area contributed by atoms with E-state index in [2.05, 4.69) is 62.6 Å². The van der Waals surface area contributed by atoms with Crippen molar-refractivity contribution >= 4 is 6.08 Å². The van der Waals surface area contributed by atoms with Gasteiger partial charge in [-0.15, -0.1) is 0 Å². The van der Waals surface area contributed by atoms with Gasteiger partial charge < -0.3 is 9.84 Å². The molecule has 0 radical (unpaired) electrons. The molecule has 0 saturated carbocycles. The fourth-order valence-electron chi connectivity index (χ4n) is 3.06. The van der Waals surface area contributed by atoms with E-state index in [0.29, 0.717) is 6.54 Å². The lowest BCUT2D eigenvalue weighted by Gasteiger charge is -2.32. The third kappa shape index (κ3) is 5.50. The van der Waals surface area contributed by atoms with Crippen LogP contribution in [0.5, 0.6) is 5.75 Å². The standard InChI is InChI=1S/C21H31NO2/c1-5-12-22(13-14-23)16-17(2)6-7-18-8-9-20-19(15-18)10-11-21(3,4)24-20/h6-9,15,23H,2,5,10-14,16H2,1,3-4H3/b7-6+. The predicted molar refractivity (Wildman–Crippen MR) is 101 cm³/mol. The van der Waals surface area contributed by atoms with Gasteiger partial charge in [-0.1, -0.05) is 31.7 Å². The fourth-order valence-corrected chi connectivity index (χ4v) is 3.06. The average Bonchev–Trinajstić information content (AvgIpc) is 2.52. The summed E-state index contributed by atoms with van der Waals surface area (Å²) in [4.78, 5) is 2.23. The van der Waals surface area contributed by atoms with Crippen LogP contribution in [-0.2, 0) is 6.42 Å². The van der Waals surface area contributed by atoms with Crippen LogP contribution < -0.4 is 4.74 Å². The summed E-state index contributed by atoms with van der Waals surface area (Å²) in [6.07, 6.45) is 7.39. The number of aliphatic hydroxyl groups excluding tert-OH is 1. The summed E-state index contributed by atoms with van der Waals surface area (Å²) in [7, 11) is 0. The zero-order valence-corrected chi connectivity index (χ0v) is 15.3. The maximum atomic E-state index is 9.13. The third-order valence-corrected chi connectivity index (χ3v) is 4.36. The molecule has 1 aromatic carbocycles. The zero-order valence-electron chi connectivity index (χ0n) is 15.3. The second kappa shape index (κ2) is 8.50. The normalized spacial score (nSPS) is 16.2. The minimum atomic E-state index is -0.0614. The molecule has 1 aliphatic rings. The van der Waals surface area contributed by atoms with Crippen molar-refractivity contribution in [3.63, 3.8) is 0 Å². The molecule has 0 atom stereocenters. The van der Waals surface area contributed by atoms with Gasteiger partial charge >= 0.3 is 0 Å². The molecule has 1 N–H and O–H groups in total. The number of aliphatic hydroxyl groups is 1. The second-order valence-electron chi connectivity index (χ2n) is 7.22. The fraction of sp³-hybridized carbons (Fsp3) is 0.524. The summed E-state index contributed by atoms with van der Waals surface area (Å²) in [6, 6.07) is 6.39. The molecule has 1 aromatic rings. The minimum Gasteiger partial charge on any atom is -0.488 e. The van der Waals surface area contributed by atoms with Crippen LogP contribution in [0.1, 0.15) is 44.7 Å². The topological polar surface area (TPSA) is 32.7 Å². The van der Waals surface area contributed by atoms with Crippen LogP contribution in [0.2, 0.25) is 0 Å². The van der Waals surface area contributed by atoms with Gasteiger partial charge in [0.15, 0.2) is 0 Å². The molecule has 24 heavy (non-hydrogen) atoms. The monoisotopic (exact) mass is 329 g/mol. The summed E-state index contributed by atoms with van der Waals surface area (Å²) in [5.41, 5.74) is 3.47. The van der Waals surface area contributed by atoms with E-state index in [1.54, 1.807) is 0 Å². The van der Waals surface area contributed by atoms with Crippen LogP contribution in [0.3, 0.4) is 0 Å². The van der Waals surface area contributed by atoms with Crippen molar-refractivity contribution < 1.29 is 9.84 Å². The SMILES string of the molecule is C=C(/C=C/c1ccc2c(c1)CCC(C)(C)O2)CN(CCC)CCO. The zero-order chi connectivity index (χ0) is 17.6. The minimum absolute atomic E-state index is 0.0614. The van der Waals surface area contributed by atoms with Crippen molar-refractivity contribution in [3.05, 3.63) is 47.6 Å². The van der Waals surface area contributed by atoms with Crippen LogP contribution in [0.4, 0.5) is 0 Å². The van der Waals surface area contributed by atoms with Gasteiger partial charge in [-0.25, -0.2) is 0 Å². The van der Waals surface area contributed by atoms with E-state index in [1.807, 2.05) is 0 Å². The van der Waals surface area contributed by atoms with Crippen LogP contribution in [0.15, 0.2) is 36.4 Å². The van der Waals surface area contributed by atoms with Gasteiger partial charge in [0.2, 0.25) is 0 Å². The highest BCUT2D eigenvalue weighted by Crippen LogP contribution is 2.33. The quantitative estimate of drug-likeness (QED) is 0.730. The molecule has 0 bridgehead atoms. The van der Waals surface area contributed by atoms with Crippen molar-refractivity contribution in [2.45, 2.75) is 45.6 Å².